The van der Waals surface area contributed by atoms with Crippen LogP contribution in [0.15, 0.2) is 96.6 Å². The van der Waals surface area contributed by atoms with Gasteiger partial charge in [-0.25, -0.2) is 15.0 Å². The summed E-state index contributed by atoms with van der Waals surface area (Å²) >= 11 is 7.92. The van der Waals surface area contributed by atoms with Gasteiger partial charge in [0.25, 0.3) is 0 Å². The average molecular weight is 441 g/mol. The lowest BCUT2D eigenvalue weighted by atomic mass is 10.1. The minimum absolute atomic E-state index is 0.705. The van der Waals surface area contributed by atoms with Gasteiger partial charge in [0.1, 0.15) is 17.2 Å². The normalized spacial score (nSPS) is 10.7. The monoisotopic (exact) mass is 440 g/mol. The Balaban J connectivity index is 1.40. The Hall–Kier alpha value is -3.54. The molecule has 0 aliphatic rings. The van der Waals surface area contributed by atoms with E-state index in [1.165, 1.54) is 0 Å². The maximum absolute atomic E-state index is 6.33. The van der Waals surface area contributed by atoms with Crippen molar-refractivity contribution < 1.29 is 0 Å². The molecule has 4 nitrogen and oxygen atoms in total. The molecule has 2 heterocycles. The van der Waals surface area contributed by atoms with Crippen molar-refractivity contribution in [1.82, 2.24) is 15.0 Å². The van der Waals surface area contributed by atoms with Crippen LogP contribution in [0.4, 0.5) is 11.5 Å². The zero-order valence-corrected chi connectivity index (χ0v) is 17.9. The van der Waals surface area contributed by atoms with E-state index in [1.54, 1.807) is 17.7 Å². The largest absolute Gasteiger partial charge is 0.340 e. The van der Waals surface area contributed by atoms with Crippen molar-refractivity contribution in [3.63, 3.8) is 0 Å². The molecule has 150 valence electrons. The van der Waals surface area contributed by atoms with Gasteiger partial charge in [-0.1, -0.05) is 72.3 Å². The standard InChI is InChI=1S/C25H17ClN4S/c26-21-12-5-4-11-20(21)25-30-23(15-31-25)18-9-6-10-19(13-18)29-24-14-22(27-16-28-24)17-7-2-1-3-8-17/h1-16H,(H,27,28,29). The molecule has 0 amide bonds. The first kappa shape index (κ1) is 19.4. The highest BCUT2D eigenvalue weighted by molar-refractivity contribution is 7.13. The lowest BCUT2D eigenvalue weighted by Crippen LogP contribution is -1.95. The van der Waals surface area contributed by atoms with E-state index < -0.39 is 0 Å². The Kier molecular flexibility index (Phi) is 5.44. The highest BCUT2D eigenvalue weighted by Crippen LogP contribution is 2.34. The van der Waals surface area contributed by atoms with Gasteiger partial charge in [0.2, 0.25) is 0 Å². The predicted octanol–water partition coefficient (Wildman–Crippen LogP) is 7.33. The number of nitrogens with one attached hydrogen (secondary N) is 1. The fourth-order valence-corrected chi connectivity index (χ4v) is 4.41. The van der Waals surface area contributed by atoms with Crippen LogP contribution in [-0.2, 0) is 0 Å². The van der Waals surface area contributed by atoms with Crippen LogP contribution in [0.2, 0.25) is 5.02 Å². The average Bonchev–Trinajstić information content (AvgIpc) is 3.31. The summed E-state index contributed by atoms with van der Waals surface area (Å²) < 4.78 is 0. The van der Waals surface area contributed by atoms with Crippen molar-refractivity contribution in [2.45, 2.75) is 0 Å². The number of anilines is 2. The second-order valence-electron chi connectivity index (χ2n) is 6.88. The third-order valence-electron chi connectivity index (χ3n) is 4.78. The van der Waals surface area contributed by atoms with Gasteiger partial charge in [0.15, 0.2) is 0 Å². The van der Waals surface area contributed by atoms with Crippen LogP contribution >= 0.6 is 22.9 Å². The summed E-state index contributed by atoms with van der Waals surface area (Å²) in [5, 5.41) is 7.04. The van der Waals surface area contributed by atoms with Crippen LogP contribution in [0.3, 0.4) is 0 Å². The Labute approximate surface area is 189 Å². The molecule has 0 atom stereocenters. The molecule has 0 bridgehead atoms. The van der Waals surface area contributed by atoms with Crippen molar-refractivity contribution in [2.75, 3.05) is 5.32 Å². The van der Waals surface area contributed by atoms with Crippen LogP contribution in [0, 0.1) is 0 Å². The molecule has 0 radical (unpaired) electrons. The Morgan fingerprint density at radius 2 is 1.55 bits per heavy atom. The minimum Gasteiger partial charge on any atom is -0.340 e. The Bertz CT molecular complexity index is 1330. The lowest BCUT2D eigenvalue weighted by Gasteiger charge is -2.08. The molecule has 0 aliphatic heterocycles. The first-order valence-electron chi connectivity index (χ1n) is 9.72. The molecule has 6 heteroatoms. The molecule has 0 spiro atoms. The van der Waals surface area contributed by atoms with Crippen LogP contribution in [0.25, 0.3) is 33.1 Å². The zero-order valence-electron chi connectivity index (χ0n) is 16.4. The highest BCUT2D eigenvalue weighted by Gasteiger charge is 2.10. The van der Waals surface area contributed by atoms with E-state index >= 15 is 0 Å². The molecule has 5 rings (SSSR count). The molecule has 1 N–H and O–H groups in total. The summed E-state index contributed by atoms with van der Waals surface area (Å²) in [6, 6.07) is 27.9. The summed E-state index contributed by atoms with van der Waals surface area (Å²) in [6.45, 7) is 0. The molecule has 0 aliphatic carbocycles. The number of halogens is 1. The molecule has 31 heavy (non-hydrogen) atoms. The summed E-state index contributed by atoms with van der Waals surface area (Å²) in [5.41, 5.74) is 5.74. The van der Waals surface area contributed by atoms with Gasteiger partial charge in [-0.2, -0.15) is 0 Å². The Morgan fingerprint density at radius 1 is 0.742 bits per heavy atom. The second kappa shape index (κ2) is 8.68. The fraction of sp³-hybridized carbons (Fsp3) is 0. The van der Waals surface area contributed by atoms with Crippen LogP contribution in [0.1, 0.15) is 0 Å². The van der Waals surface area contributed by atoms with E-state index in [2.05, 4.69) is 26.7 Å². The lowest BCUT2D eigenvalue weighted by molar-refractivity contribution is 1.17. The van der Waals surface area contributed by atoms with Gasteiger partial charge >= 0.3 is 0 Å². The number of hydrogen-bond acceptors (Lipinski definition) is 5. The minimum atomic E-state index is 0.705. The first-order chi connectivity index (χ1) is 15.3. The molecule has 5 aromatic rings. The molecular weight excluding hydrogens is 424 g/mol. The topological polar surface area (TPSA) is 50.7 Å². The Morgan fingerprint density at radius 3 is 2.42 bits per heavy atom. The predicted molar refractivity (Wildman–Crippen MR) is 129 cm³/mol. The first-order valence-corrected chi connectivity index (χ1v) is 11.0. The molecule has 0 saturated heterocycles. The van der Waals surface area contributed by atoms with E-state index in [0.29, 0.717) is 5.02 Å². The molecule has 0 unspecified atom stereocenters. The van der Waals surface area contributed by atoms with E-state index in [-0.39, 0.29) is 0 Å². The maximum Gasteiger partial charge on any atom is 0.134 e. The number of rotatable bonds is 5. The quantitative estimate of drug-likeness (QED) is 0.310. The number of hydrogen-bond donors (Lipinski definition) is 1. The van der Waals surface area contributed by atoms with Crippen molar-refractivity contribution >= 4 is 34.4 Å². The van der Waals surface area contributed by atoms with Crippen molar-refractivity contribution in [3.8, 4) is 33.1 Å². The molecule has 0 fully saturated rings. The summed E-state index contributed by atoms with van der Waals surface area (Å²) in [4.78, 5) is 13.5. The van der Waals surface area contributed by atoms with Gasteiger partial charge in [-0.05, 0) is 18.2 Å². The highest BCUT2D eigenvalue weighted by atomic mass is 35.5. The summed E-state index contributed by atoms with van der Waals surface area (Å²) in [7, 11) is 0. The summed E-state index contributed by atoms with van der Waals surface area (Å²) in [6.07, 6.45) is 1.57. The van der Waals surface area contributed by atoms with Crippen molar-refractivity contribution in [1.29, 1.82) is 0 Å². The number of nitrogens with zero attached hydrogens (tertiary/aromatic N) is 3. The summed E-state index contributed by atoms with van der Waals surface area (Å²) in [5.74, 6) is 0.737. The van der Waals surface area contributed by atoms with Crippen LogP contribution in [-0.4, -0.2) is 15.0 Å². The van der Waals surface area contributed by atoms with Gasteiger partial charge in [-0.15, -0.1) is 11.3 Å². The van der Waals surface area contributed by atoms with E-state index in [1.807, 2.05) is 78.9 Å². The molecular formula is C25H17ClN4S. The number of thiazole rings is 1. The van der Waals surface area contributed by atoms with Gasteiger partial charge < -0.3 is 5.32 Å². The second-order valence-corrected chi connectivity index (χ2v) is 8.14. The van der Waals surface area contributed by atoms with Crippen molar-refractivity contribution in [3.05, 3.63) is 102 Å². The SMILES string of the molecule is Clc1ccccc1-c1nc(-c2cccc(Nc3cc(-c4ccccc4)ncn3)c2)cs1. The van der Waals surface area contributed by atoms with Gasteiger partial charge in [-0.3, -0.25) is 0 Å². The van der Waals surface area contributed by atoms with Crippen LogP contribution < -0.4 is 5.32 Å². The van der Waals surface area contributed by atoms with Gasteiger partial charge in [0, 0.05) is 33.8 Å². The maximum atomic E-state index is 6.33. The third kappa shape index (κ3) is 4.33. The number of benzene rings is 3. The molecule has 2 aromatic heterocycles. The molecule has 0 saturated carbocycles. The zero-order chi connectivity index (χ0) is 21.0. The fourth-order valence-electron chi connectivity index (χ4n) is 3.26. The van der Waals surface area contributed by atoms with Crippen LogP contribution in [0.5, 0.6) is 0 Å². The molecule has 3 aromatic carbocycles. The van der Waals surface area contributed by atoms with E-state index in [4.69, 9.17) is 16.6 Å². The smallest absolute Gasteiger partial charge is 0.134 e. The number of aromatic nitrogens is 3. The van der Waals surface area contributed by atoms with E-state index in [9.17, 15) is 0 Å². The van der Waals surface area contributed by atoms with Crippen molar-refractivity contribution in [2.24, 2.45) is 0 Å². The third-order valence-corrected chi connectivity index (χ3v) is 5.98. The van der Waals surface area contributed by atoms with Gasteiger partial charge in [0.05, 0.1) is 16.4 Å². The van der Waals surface area contributed by atoms with E-state index in [0.717, 1.165) is 44.6 Å².